The first-order valence-electron chi connectivity index (χ1n) is 8.43. The zero-order valence-electron chi connectivity index (χ0n) is 14.1. The molecular formula is C19H31NS. The normalized spacial score (nSPS) is 26.8. The third kappa shape index (κ3) is 4.75. The topological polar surface area (TPSA) is 26.0 Å². The molecule has 1 aromatic carbocycles. The maximum absolute atomic E-state index is 6.36. The lowest BCUT2D eigenvalue weighted by Gasteiger charge is -2.33. The van der Waals surface area contributed by atoms with Crippen molar-refractivity contribution in [3.8, 4) is 0 Å². The van der Waals surface area contributed by atoms with Crippen LogP contribution < -0.4 is 5.73 Å². The van der Waals surface area contributed by atoms with Crippen molar-refractivity contribution >= 4 is 11.8 Å². The molecular weight excluding hydrogens is 274 g/mol. The molecule has 0 amide bonds. The summed E-state index contributed by atoms with van der Waals surface area (Å²) in [4.78, 5) is 1.38. The van der Waals surface area contributed by atoms with Crippen LogP contribution in [0.2, 0.25) is 0 Å². The maximum atomic E-state index is 6.36. The minimum atomic E-state index is 0.233. The molecule has 118 valence electrons. The lowest BCUT2D eigenvalue weighted by Crippen LogP contribution is -2.38. The Hall–Kier alpha value is -0.470. The van der Waals surface area contributed by atoms with Crippen LogP contribution in [0.1, 0.15) is 65.4 Å². The van der Waals surface area contributed by atoms with Crippen molar-refractivity contribution in [2.24, 2.45) is 11.7 Å². The fourth-order valence-electron chi connectivity index (χ4n) is 3.25. The molecule has 1 aliphatic carbocycles. The van der Waals surface area contributed by atoms with Gasteiger partial charge in [-0.25, -0.2) is 0 Å². The van der Waals surface area contributed by atoms with Crippen molar-refractivity contribution in [2.75, 3.05) is 0 Å². The highest BCUT2D eigenvalue weighted by molar-refractivity contribution is 8.00. The molecule has 3 unspecified atom stereocenters. The lowest BCUT2D eigenvalue weighted by atomic mass is 9.83. The van der Waals surface area contributed by atoms with E-state index in [4.69, 9.17) is 5.73 Å². The highest BCUT2D eigenvalue weighted by atomic mass is 32.2. The van der Waals surface area contributed by atoms with Crippen LogP contribution in [-0.4, -0.2) is 11.3 Å². The fourth-order valence-corrected chi connectivity index (χ4v) is 4.57. The molecule has 1 aliphatic rings. The van der Waals surface area contributed by atoms with Gasteiger partial charge in [-0.1, -0.05) is 52.7 Å². The third-order valence-corrected chi connectivity index (χ3v) is 6.05. The summed E-state index contributed by atoms with van der Waals surface area (Å²) in [6.07, 6.45) is 6.49. The SMILES string of the molecule is CCCC1CCC(N)C(Sc2ccc(C(C)(C)C)cc2)C1. The highest BCUT2D eigenvalue weighted by Gasteiger charge is 2.28. The molecule has 21 heavy (non-hydrogen) atoms. The summed E-state index contributed by atoms with van der Waals surface area (Å²) in [6, 6.07) is 9.48. The van der Waals surface area contributed by atoms with Gasteiger partial charge in [0.05, 0.1) is 0 Å². The molecule has 0 aliphatic heterocycles. The van der Waals surface area contributed by atoms with E-state index in [2.05, 4.69) is 52.0 Å². The van der Waals surface area contributed by atoms with Crippen LogP contribution in [0.3, 0.4) is 0 Å². The molecule has 0 heterocycles. The summed E-state index contributed by atoms with van der Waals surface area (Å²) < 4.78 is 0. The van der Waals surface area contributed by atoms with E-state index in [1.54, 1.807) is 0 Å². The predicted octanol–water partition coefficient (Wildman–Crippen LogP) is 5.37. The van der Waals surface area contributed by atoms with Crippen LogP contribution in [0.15, 0.2) is 29.2 Å². The standard InChI is InChI=1S/C19H31NS/c1-5-6-14-7-12-17(20)18(13-14)21-16-10-8-15(9-11-16)19(2,3)4/h8-11,14,17-18H,5-7,12-13,20H2,1-4H3. The second-order valence-corrected chi connectivity index (χ2v) is 8.87. The number of rotatable bonds is 4. The molecule has 0 radical (unpaired) electrons. The molecule has 0 saturated heterocycles. The van der Waals surface area contributed by atoms with Crippen molar-refractivity contribution < 1.29 is 0 Å². The Bertz CT molecular complexity index is 432. The van der Waals surface area contributed by atoms with E-state index in [0.717, 1.165) is 5.92 Å². The zero-order valence-corrected chi connectivity index (χ0v) is 14.9. The molecule has 1 fully saturated rings. The molecule has 1 aromatic rings. The Labute approximate surface area is 135 Å². The van der Waals surface area contributed by atoms with Crippen LogP contribution in [0, 0.1) is 5.92 Å². The fraction of sp³-hybridized carbons (Fsp3) is 0.684. The second-order valence-electron chi connectivity index (χ2n) is 7.56. The van der Waals surface area contributed by atoms with E-state index in [9.17, 15) is 0 Å². The quantitative estimate of drug-likeness (QED) is 0.809. The molecule has 0 bridgehead atoms. The smallest absolute Gasteiger partial charge is 0.0248 e. The predicted molar refractivity (Wildman–Crippen MR) is 95.0 cm³/mol. The summed E-state index contributed by atoms with van der Waals surface area (Å²) >= 11 is 2.00. The van der Waals surface area contributed by atoms with Gasteiger partial charge >= 0.3 is 0 Å². The number of thioether (sulfide) groups is 1. The van der Waals surface area contributed by atoms with Gasteiger partial charge in [0.25, 0.3) is 0 Å². The van der Waals surface area contributed by atoms with Gasteiger partial charge in [0.2, 0.25) is 0 Å². The van der Waals surface area contributed by atoms with Gasteiger partial charge in [-0.15, -0.1) is 11.8 Å². The minimum absolute atomic E-state index is 0.233. The van der Waals surface area contributed by atoms with Gasteiger partial charge in [-0.2, -0.15) is 0 Å². The van der Waals surface area contributed by atoms with Gasteiger partial charge in [-0.3, -0.25) is 0 Å². The molecule has 1 nitrogen and oxygen atoms in total. The Morgan fingerprint density at radius 3 is 2.38 bits per heavy atom. The first-order valence-corrected chi connectivity index (χ1v) is 9.31. The van der Waals surface area contributed by atoms with E-state index in [0.29, 0.717) is 11.3 Å². The summed E-state index contributed by atoms with van der Waals surface area (Å²) in [5, 5.41) is 0.593. The van der Waals surface area contributed by atoms with Gasteiger partial charge < -0.3 is 5.73 Å². The van der Waals surface area contributed by atoms with E-state index in [1.165, 1.54) is 42.6 Å². The van der Waals surface area contributed by atoms with Crippen molar-refractivity contribution in [1.29, 1.82) is 0 Å². The third-order valence-electron chi connectivity index (χ3n) is 4.66. The number of hydrogen-bond donors (Lipinski definition) is 1. The van der Waals surface area contributed by atoms with Crippen LogP contribution in [-0.2, 0) is 5.41 Å². The minimum Gasteiger partial charge on any atom is -0.327 e. The Balaban J connectivity index is 1.99. The molecule has 0 aromatic heterocycles. The monoisotopic (exact) mass is 305 g/mol. The van der Waals surface area contributed by atoms with Gasteiger partial charge in [0.15, 0.2) is 0 Å². The summed E-state index contributed by atoms with van der Waals surface area (Å²) in [7, 11) is 0. The summed E-state index contributed by atoms with van der Waals surface area (Å²) in [6.45, 7) is 9.09. The molecule has 0 spiro atoms. The second kappa shape index (κ2) is 7.19. The van der Waals surface area contributed by atoms with Crippen LogP contribution >= 0.6 is 11.8 Å². The molecule has 2 heteroatoms. The van der Waals surface area contributed by atoms with E-state index in [-0.39, 0.29) is 5.41 Å². The largest absolute Gasteiger partial charge is 0.327 e. The Morgan fingerprint density at radius 2 is 1.81 bits per heavy atom. The molecule has 1 saturated carbocycles. The maximum Gasteiger partial charge on any atom is 0.0248 e. The van der Waals surface area contributed by atoms with Crippen molar-refractivity contribution in [3.63, 3.8) is 0 Å². The summed E-state index contributed by atoms with van der Waals surface area (Å²) in [5.41, 5.74) is 8.00. The first-order chi connectivity index (χ1) is 9.90. The highest BCUT2D eigenvalue weighted by Crippen LogP contribution is 2.37. The van der Waals surface area contributed by atoms with Crippen LogP contribution in [0.4, 0.5) is 0 Å². The molecule has 2 N–H and O–H groups in total. The van der Waals surface area contributed by atoms with Crippen molar-refractivity contribution in [1.82, 2.24) is 0 Å². The Kier molecular flexibility index (Phi) is 5.79. The van der Waals surface area contributed by atoms with Crippen molar-refractivity contribution in [2.45, 2.75) is 81.4 Å². The number of hydrogen-bond acceptors (Lipinski definition) is 2. The van der Waals surface area contributed by atoms with Gasteiger partial charge in [0, 0.05) is 16.2 Å². The summed E-state index contributed by atoms with van der Waals surface area (Å²) in [5.74, 6) is 0.890. The van der Waals surface area contributed by atoms with E-state index < -0.39 is 0 Å². The average Bonchev–Trinajstić information content (AvgIpc) is 2.42. The van der Waals surface area contributed by atoms with Crippen molar-refractivity contribution in [3.05, 3.63) is 29.8 Å². The zero-order chi connectivity index (χ0) is 15.5. The van der Waals surface area contributed by atoms with Gasteiger partial charge in [0.1, 0.15) is 0 Å². The molecule has 3 atom stereocenters. The average molecular weight is 306 g/mol. The number of benzene rings is 1. The van der Waals surface area contributed by atoms with Gasteiger partial charge in [-0.05, 0) is 48.3 Å². The van der Waals surface area contributed by atoms with E-state index >= 15 is 0 Å². The number of nitrogens with two attached hydrogens (primary N) is 1. The Morgan fingerprint density at radius 1 is 1.14 bits per heavy atom. The lowest BCUT2D eigenvalue weighted by molar-refractivity contribution is 0.317. The first kappa shape index (κ1) is 16.9. The molecule has 2 rings (SSSR count). The van der Waals surface area contributed by atoms with Crippen LogP contribution in [0.25, 0.3) is 0 Å². The van der Waals surface area contributed by atoms with Crippen LogP contribution in [0.5, 0.6) is 0 Å². The van der Waals surface area contributed by atoms with E-state index in [1.807, 2.05) is 11.8 Å².